The minimum atomic E-state index is 0.202. The standard InChI is InChI=1S/C15H19Cl2N5/c1-3-10(21-15-20-9(2)19-14(18)22-15)7-8-11-12(16)5-4-6-13(11)17/h4-6,10H,3,7-8H2,1-2H3,(H3,18,19,20,21,22). The molecular formula is C15H19Cl2N5. The van der Waals surface area contributed by atoms with Crippen molar-refractivity contribution >= 4 is 35.1 Å². The second-order valence-electron chi connectivity index (χ2n) is 5.05. The number of aromatic nitrogens is 3. The SMILES string of the molecule is CCC(CCc1c(Cl)cccc1Cl)Nc1nc(C)nc(N)n1. The average molecular weight is 340 g/mol. The van der Waals surface area contributed by atoms with Gasteiger partial charge in [0, 0.05) is 16.1 Å². The molecule has 0 amide bonds. The van der Waals surface area contributed by atoms with E-state index >= 15 is 0 Å². The summed E-state index contributed by atoms with van der Waals surface area (Å²) in [5, 5.41) is 4.68. The number of nitrogens with one attached hydrogen (secondary N) is 1. The number of nitrogen functional groups attached to an aromatic ring is 1. The maximum atomic E-state index is 6.20. The third kappa shape index (κ3) is 4.45. The Hall–Kier alpha value is -1.59. The molecule has 0 aliphatic rings. The van der Waals surface area contributed by atoms with Crippen molar-refractivity contribution in [1.82, 2.24) is 15.0 Å². The Balaban J connectivity index is 2.03. The number of nitrogens with two attached hydrogens (primary N) is 1. The fourth-order valence-corrected chi connectivity index (χ4v) is 2.80. The minimum Gasteiger partial charge on any atom is -0.368 e. The molecule has 0 radical (unpaired) electrons. The predicted octanol–water partition coefficient (Wildman–Crippen LogP) is 3.89. The third-order valence-corrected chi connectivity index (χ3v) is 4.10. The first-order chi connectivity index (χ1) is 10.5. The van der Waals surface area contributed by atoms with Crippen molar-refractivity contribution in [3.8, 4) is 0 Å². The second-order valence-corrected chi connectivity index (χ2v) is 5.87. The van der Waals surface area contributed by atoms with Crippen LogP contribution in [0.2, 0.25) is 10.0 Å². The number of benzene rings is 1. The number of aryl methyl sites for hydroxylation is 1. The summed E-state index contributed by atoms with van der Waals surface area (Å²) in [6.07, 6.45) is 2.57. The molecule has 0 spiro atoms. The average Bonchev–Trinajstić information content (AvgIpc) is 2.44. The molecule has 1 heterocycles. The molecule has 1 unspecified atom stereocenters. The second kappa shape index (κ2) is 7.61. The van der Waals surface area contributed by atoms with E-state index in [1.165, 1.54) is 0 Å². The highest BCUT2D eigenvalue weighted by molar-refractivity contribution is 6.35. The highest BCUT2D eigenvalue weighted by atomic mass is 35.5. The van der Waals surface area contributed by atoms with Gasteiger partial charge in [0.2, 0.25) is 11.9 Å². The first kappa shape index (κ1) is 16.8. The topological polar surface area (TPSA) is 76.7 Å². The van der Waals surface area contributed by atoms with Gasteiger partial charge in [0.15, 0.2) is 0 Å². The molecule has 22 heavy (non-hydrogen) atoms. The van der Waals surface area contributed by atoms with Crippen molar-refractivity contribution in [1.29, 1.82) is 0 Å². The smallest absolute Gasteiger partial charge is 0.227 e. The summed E-state index contributed by atoms with van der Waals surface area (Å²) in [5.74, 6) is 1.32. The summed E-state index contributed by atoms with van der Waals surface area (Å²) in [5.41, 5.74) is 6.61. The van der Waals surface area contributed by atoms with E-state index in [-0.39, 0.29) is 12.0 Å². The maximum absolute atomic E-state index is 6.20. The number of hydrogen-bond acceptors (Lipinski definition) is 5. The molecular weight excluding hydrogens is 321 g/mol. The summed E-state index contributed by atoms with van der Waals surface area (Å²) in [6.45, 7) is 3.89. The zero-order valence-corrected chi connectivity index (χ0v) is 14.1. The summed E-state index contributed by atoms with van der Waals surface area (Å²) >= 11 is 12.4. The molecule has 2 aromatic rings. The number of nitrogens with zero attached hydrogens (tertiary/aromatic N) is 3. The van der Waals surface area contributed by atoms with Gasteiger partial charge in [-0.15, -0.1) is 0 Å². The van der Waals surface area contributed by atoms with E-state index in [1.807, 2.05) is 18.2 Å². The van der Waals surface area contributed by atoms with Gasteiger partial charge < -0.3 is 11.1 Å². The molecule has 118 valence electrons. The van der Waals surface area contributed by atoms with Crippen LogP contribution in [0.25, 0.3) is 0 Å². The van der Waals surface area contributed by atoms with Crippen molar-refractivity contribution in [3.05, 3.63) is 39.6 Å². The Bertz CT molecular complexity index is 607. The van der Waals surface area contributed by atoms with Crippen molar-refractivity contribution in [2.75, 3.05) is 11.1 Å². The molecule has 0 saturated heterocycles. The molecule has 3 N–H and O–H groups in total. The zero-order chi connectivity index (χ0) is 16.1. The van der Waals surface area contributed by atoms with Crippen LogP contribution in [-0.2, 0) is 6.42 Å². The summed E-state index contributed by atoms with van der Waals surface area (Å²) in [6, 6.07) is 5.76. The van der Waals surface area contributed by atoms with Gasteiger partial charge in [0.05, 0.1) is 0 Å². The normalized spacial score (nSPS) is 12.2. The highest BCUT2D eigenvalue weighted by Gasteiger charge is 2.12. The lowest BCUT2D eigenvalue weighted by molar-refractivity contribution is 0.627. The molecule has 0 aliphatic heterocycles. The minimum absolute atomic E-state index is 0.202. The van der Waals surface area contributed by atoms with Gasteiger partial charge in [-0.05, 0) is 43.9 Å². The first-order valence-corrected chi connectivity index (χ1v) is 7.92. The van der Waals surface area contributed by atoms with E-state index in [2.05, 4.69) is 27.2 Å². The van der Waals surface area contributed by atoms with Gasteiger partial charge in [-0.2, -0.15) is 15.0 Å². The molecule has 0 saturated carbocycles. The third-order valence-electron chi connectivity index (χ3n) is 3.40. The van der Waals surface area contributed by atoms with Crippen LogP contribution in [0, 0.1) is 6.92 Å². The lowest BCUT2D eigenvalue weighted by Gasteiger charge is -2.18. The Labute approximate surface area is 140 Å². The zero-order valence-electron chi connectivity index (χ0n) is 12.6. The largest absolute Gasteiger partial charge is 0.368 e. The van der Waals surface area contributed by atoms with Gasteiger partial charge in [-0.1, -0.05) is 36.2 Å². The van der Waals surface area contributed by atoms with Gasteiger partial charge in [-0.25, -0.2) is 0 Å². The Morgan fingerprint density at radius 3 is 2.45 bits per heavy atom. The van der Waals surface area contributed by atoms with Crippen molar-refractivity contribution < 1.29 is 0 Å². The van der Waals surface area contributed by atoms with E-state index in [0.29, 0.717) is 21.8 Å². The maximum Gasteiger partial charge on any atom is 0.227 e. The summed E-state index contributed by atoms with van der Waals surface area (Å²) in [4.78, 5) is 12.3. The van der Waals surface area contributed by atoms with Gasteiger partial charge >= 0.3 is 0 Å². The predicted molar refractivity (Wildman–Crippen MR) is 91.5 cm³/mol. The van der Waals surface area contributed by atoms with E-state index in [4.69, 9.17) is 28.9 Å². The van der Waals surface area contributed by atoms with Crippen LogP contribution < -0.4 is 11.1 Å². The molecule has 1 aromatic heterocycles. The summed E-state index contributed by atoms with van der Waals surface area (Å²) < 4.78 is 0. The number of anilines is 2. The van der Waals surface area contributed by atoms with Crippen LogP contribution in [0.5, 0.6) is 0 Å². The monoisotopic (exact) mass is 339 g/mol. The molecule has 0 fully saturated rings. The van der Waals surface area contributed by atoms with Crippen LogP contribution >= 0.6 is 23.2 Å². The van der Waals surface area contributed by atoms with Gasteiger partial charge in [-0.3, -0.25) is 0 Å². The number of rotatable bonds is 6. The Morgan fingerprint density at radius 1 is 1.18 bits per heavy atom. The number of halogens is 2. The molecule has 1 aromatic carbocycles. The Kier molecular flexibility index (Phi) is 5.80. The van der Waals surface area contributed by atoms with Crippen LogP contribution in [0.3, 0.4) is 0 Å². The van der Waals surface area contributed by atoms with Crippen LogP contribution in [0.15, 0.2) is 18.2 Å². The van der Waals surface area contributed by atoms with E-state index < -0.39 is 0 Å². The first-order valence-electron chi connectivity index (χ1n) is 7.17. The van der Waals surface area contributed by atoms with Crippen LogP contribution in [-0.4, -0.2) is 21.0 Å². The van der Waals surface area contributed by atoms with Crippen molar-refractivity contribution in [2.45, 2.75) is 39.2 Å². The molecule has 7 heteroatoms. The molecule has 0 bridgehead atoms. The molecule has 2 rings (SSSR count). The fraction of sp³-hybridized carbons (Fsp3) is 0.400. The fourth-order valence-electron chi connectivity index (χ4n) is 2.22. The van der Waals surface area contributed by atoms with Crippen LogP contribution in [0.1, 0.15) is 31.2 Å². The Morgan fingerprint density at radius 2 is 1.86 bits per heavy atom. The van der Waals surface area contributed by atoms with Gasteiger partial charge in [0.25, 0.3) is 0 Å². The quantitative estimate of drug-likeness (QED) is 0.834. The summed E-state index contributed by atoms with van der Waals surface area (Å²) in [7, 11) is 0. The molecule has 1 atom stereocenters. The van der Waals surface area contributed by atoms with Crippen molar-refractivity contribution in [3.63, 3.8) is 0 Å². The lowest BCUT2D eigenvalue weighted by atomic mass is 10.0. The van der Waals surface area contributed by atoms with Gasteiger partial charge in [0.1, 0.15) is 5.82 Å². The van der Waals surface area contributed by atoms with E-state index in [1.54, 1.807) is 6.92 Å². The lowest BCUT2D eigenvalue weighted by Crippen LogP contribution is -2.22. The molecule has 0 aliphatic carbocycles. The highest BCUT2D eigenvalue weighted by Crippen LogP contribution is 2.26. The van der Waals surface area contributed by atoms with Crippen LogP contribution in [0.4, 0.5) is 11.9 Å². The van der Waals surface area contributed by atoms with E-state index in [9.17, 15) is 0 Å². The van der Waals surface area contributed by atoms with Crippen molar-refractivity contribution in [2.24, 2.45) is 0 Å². The molecule has 5 nitrogen and oxygen atoms in total. The number of hydrogen-bond donors (Lipinski definition) is 2. The van der Waals surface area contributed by atoms with E-state index in [0.717, 1.165) is 24.8 Å².